The quantitative estimate of drug-likeness (QED) is 0.551. The van der Waals surface area contributed by atoms with Gasteiger partial charge in [0.2, 0.25) is 5.95 Å². The minimum atomic E-state index is -0.673. The molecular weight excluding hydrogens is 282 g/mol. The zero-order chi connectivity index (χ0) is 16.1. The molecule has 0 radical (unpaired) electrons. The van der Waals surface area contributed by atoms with E-state index in [9.17, 15) is 4.79 Å². The molecule has 1 amide bonds. The number of primary amides is 1. The summed E-state index contributed by atoms with van der Waals surface area (Å²) >= 11 is 0. The number of nitrogens with two attached hydrogens (primary N) is 2. The summed E-state index contributed by atoms with van der Waals surface area (Å²) in [5.74, 6) is -0.479. The van der Waals surface area contributed by atoms with Crippen LogP contribution in [0.2, 0.25) is 0 Å². The van der Waals surface area contributed by atoms with E-state index in [-0.39, 0.29) is 17.3 Å². The molecular formula is C14H17N7O. The van der Waals surface area contributed by atoms with Crippen LogP contribution in [-0.2, 0) is 0 Å². The molecule has 1 heterocycles. The van der Waals surface area contributed by atoms with Gasteiger partial charge in [0.1, 0.15) is 5.82 Å². The Morgan fingerprint density at radius 2 is 2.00 bits per heavy atom. The molecule has 0 aliphatic carbocycles. The fraction of sp³-hybridized carbons (Fsp3) is 0.143. The van der Waals surface area contributed by atoms with Gasteiger partial charge in [0, 0.05) is 26.0 Å². The normalized spacial score (nSPS) is 10.6. The van der Waals surface area contributed by atoms with Crippen LogP contribution in [0.1, 0.15) is 15.9 Å². The predicted octanol–water partition coefficient (Wildman–Crippen LogP) is 0.670. The van der Waals surface area contributed by atoms with Crippen LogP contribution >= 0.6 is 0 Å². The molecule has 0 fully saturated rings. The smallest absolute Gasteiger partial charge is 0.254 e. The first-order chi connectivity index (χ1) is 10.5. The summed E-state index contributed by atoms with van der Waals surface area (Å²) in [5.41, 5.74) is 15.5. The van der Waals surface area contributed by atoms with Gasteiger partial charge >= 0.3 is 0 Å². The van der Waals surface area contributed by atoms with Crippen molar-refractivity contribution in [2.45, 2.75) is 0 Å². The minimum absolute atomic E-state index is 0.00976. The summed E-state index contributed by atoms with van der Waals surface area (Å²) in [7, 11) is 3.95. The summed E-state index contributed by atoms with van der Waals surface area (Å²) in [5, 5.41) is 4.02. The number of carbonyl (C=O) groups excluding carboxylic acids is 1. The van der Waals surface area contributed by atoms with E-state index in [0.717, 1.165) is 11.3 Å². The van der Waals surface area contributed by atoms with Crippen molar-refractivity contribution in [2.24, 2.45) is 10.8 Å². The number of anilines is 3. The summed E-state index contributed by atoms with van der Waals surface area (Å²) in [4.78, 5) is 20.8. The highest BCUT2D eigenvalue weighted by atomic mass is 16.1. The Morgan fingerprint density at radius 3 is 2.55 bits per heavy atom. The van der Waals surface area contributed by atoms with Crippen LogP contribution in [0.15, 0.2) is 35.6 Å². The average Bonchev–Trinajstić information content (AvgIpc) is 2.47. The molecule has 1 aromatic carbocycles. The molecule has 8 nitrogen and oxygen atoms in total. The third kappa shape index (κ3) is 3.69. The Bertz CT molecular complexity index is 695. The molecule has 22 heavy (non-hydrogen) atoms. The largest absolute Gasteiger partial charge is 0.383 e. The summed E-state index contributed by atoms with van der Waals surface area (Å²) in [6.45, 7) is 0. The second-order valence-corrected chi connectivity index (χ2v) is 4.71. The van der Waals surface area contributed by atoms with E-state index in [4.69, 9.17) is 11.5 Å². The van der Waals surface area contributed by atoms with Crippen molar-refractivity contribution < 1.29 is 4.79 Å². The molecule has 0 saturated heterocycles. The lowest BCUT2D eigenvalue weighted by atomic mass is 10.2. The first-order valence-corrected chi connectivity index (χ1v) is 6.46. The van der Waals surface area contributed by atoms with Crippen molar-refractivity contribution in [3.05, 3.63) is 41.6 Å². The standard InChI is InChI=1S/C14H17N7O/c1-21(2)10-5-3-9(4-6-10)7-18-20-14-17-8-11(13(16)22)12(15)19-14/h3-8H,1-2H3,(H2,16,22)(H3,15,17,19,20)/b18-7+. The number of nitrogens with zero attached hydrogens (tertiary/aromatic N) is 4. The Balaban J connectivity index is 2.03. The molecule has 2 aromatic rings. The van der Waals surface area contributed by atoms with Gasteiger partial charge in [0.15, 0.2) is 0 Å². The van der Waals surface area contributed by atoms with E-state index < -0.39 is 5.91 Å². The number of benzene rings is 1. The van der Waals surface area contributed by atoms with E-state index in [0.29, 0.717) is 0 Å². The maximum absolute atomic E-state index is 11.0. The van der Waals surface area contributed by atoms with E-state index in [2.05, 4.69) is 20.5 Å². The lowest BCUT2D eigenvalue weighted by molar-refractivity contribution is 0.100. The van der Waals surface area contributed by atoms with Gasteiger partial charge in [0.25, 0.3) is 5.91 Å². The molecule has 0 bridgehead atoms. The first kappa shape index (κ1) is 15.2. The molecule has 0 saturated carbocycles. The molecule has 5 N–H and O–H groups in total. The van der Waals surface area contributed by atoms with Crippen molar-refractivity contribution in [3.63, 3.8) is 0 Å². The molecule has 8 heteroatoms. The van der Waals surface area contributed by atoms with Gasteiger partial charge in [0.05, 0.1) is 11.8 Å². The Labute approximate surface area is 127 Å². The zero-order valence-electron chi connectivity index (χ0n) is 12.3. The van der Waals surface area contributed by atoms with Crippen LogP contribution in [0.25, 0.3) is 0 Å². The maximum atomic E-state index is 11.0. The molecule has 1 aromatic heterocycles. The van der Waals surface area contributed by atoms with Gasteiger partial charge in [-0.2, -0.15) is 10.1 Å². The van der Waals surface area contributed by atoms with Crippen LogP contribution in [0, 0.1) is 0 Å². The van der Waals surface area contributed by atoms with Crippen molar-refractivity contribution >= 4 is 29.6 Å². The van der Waals surface area contributed by atoms with E-state index in [1.165, 1.54) is 6.20 Å². The topological polar surface area (TPSA) is 123 Å². The minimum Gasteiger partial charge on any atom is -0.383 e. The molecule has 0 aliphatic heterocycles. The average molecular weight is 299 g/mol. The molecule has 0 unspecified atom stereocenters. The lowest BCUT2D eigenvalue weighted by Crippen LogP contribution is -2.15. The Kier molecular flexibility index (Phi) is 4.52. The van der Waals surface area contributed by atoms with Crippen LogP contribution < -0.4 is 21.8 Å². The van der Waals surface area contributed by atoms with Crippen LogP contribution in [0.5, 0.6) is 0 Å². The van der Waals surface area contributed by atoms with Crippen molar-refractivity contribution in [2.75, 3.05) is 30.2 Å². The number of hydrogen-bond donors (Lipinski definition) is 3. The Hall–Kier alpha value is -3.16. The summed E-state index contributed by atoms with van der Waals surface area (Å²) < 4.78 is 0. The number of rotatable bonds is 5. The molecule has 114 valence electrons. The highest BCUT2D eigenvalue weighted by Crippen LogP contribution is 2.11. The SMILES string of the molecule is CN(C)c1ccc(/C=N/Nc2ncc(C(N)=O)c(N)n2)cc1. The molecule has 0 spiro atoms. The van der Waals surface area contributed by atoms with Crippen molar-refractivity contribution in [1.29, 1.82) is 0 Å². The number of nitrogen functional groups attached to an aromatic ring is 1. The van der Waals surface area contributed by atoms with Gasteiger partial charge < -0.3 is 16.4 Å². The monoisotopic (exact) mass is 299 g/mol. The van der Waals surface area contributed by atoms with E-state index in [1.807, 2.05) is 43.3 Å². The third-order valence-corrected chi connectivity index (χ3v) is 2.87. The van der Waals surface area contributed by atoms with Crippen molar-refractivity contribution in [3.8, 4) is 0 Å². The third-order valence-electron chi connectivity index (χ3n) is 2.87. The predicted molar refractivity (Wildman–Crippen MR) is 86.9 cm³/mol. The summed E-state index contributed by atoms with van der Waals surface area (Å²) in [6, 6.07) is 7.84. The highest BCUT2D eigenvalue weighted by molar-refractivity contribution is 5.96. The fourth-order valence-corrected chi connectivity index (χ4v) is 1.66. The van der Waals surface area contributed by atoms with Gasteiger partial charge in [-0.3, -0.25) is 4.79 Å². The van der Waals surface area contributed by atoms with Gasteiger partial charge in [-0.1, -0.05) is 12.1 Å². The van der Waals surface area contributed by atoms with E-state index in [1.54, 1.807) is 6.21 Å². The van der Waals surface area contributed by atoms with Gasteiger partial charge in [-0.05, 0) is 17.7 Å². The second-order valence-electron chi connectivity index (χ2n) is 4.71. The maximum Gasteiger partial charge on any atom is 0.254 e. The number of amides is 1. The molecule has 2 rings (SSSR count). The number of nitrogens with one attached hydrogen (secondary N) is 1. The molecule has 0 aliphatic rings. The number of aromatic nitrogens is 2. The summed E-state index contributed by atoms with van der Waals surface area (Å²) in [6.07, 6.45) is 2.88. The number of hydrazone groups is 1. The van der Waals surface area contributed by atoms with Crippen LogP contribution in [0.3, 0.4) is 0 Å². The Morgan fingerprint density at radius 1 is 1.32 bits per heavy atom. The zero-order valence-corrected chi connectivity index (χ0v) is 12.3. The number of hydrogen-bond acceptors (Lipinski definition) is 7. The van der Waals surface area contributed by atoms with Crippen LogP contribution in [0.4, 0.5) is 17.5 Å². The van der Waals surface area contributed by atoms with Gasteiger partial charge in [-0.15, -0.1) is 0 Å². The van der Waals surface area contributed by atoms with E-state index >= 15 is 0 Å². The second kappa shape index (κ2) is 6.53. The van der Waals surface area contributed by atoms with Gasteiger partial charge in [-0.25, -0.2) is 10.4 Å². The highest BCUT2D eigenvalue weighted by Gasteiger charge is 2.08. The lowest BCUT2D eigenvalue weighted by Gasteiger charge is -2.11. The number of carbonyl (C=O) groups is 1. The van der Waals surface area contributed by atoms with Crippen LogP contribution in [-0.4, -0.2) is 36.2 Å². The first-order valence-electron chi connectivity index (χ1n) is 6.46. The van der Waals surface area contributed by atoms with Crippen molar-refractivity contribution in [1.82, 2.24) is 9.97 Å². The fourth-order valence-electron chi connectivity index (χ4n) is 1.66. The molecule has 0 atom stereocenters.